The molecule has 2 heterocycles. The summed E-state index contributed by atoms with van der Waals surface area (Å²) >= 11 is 0. The van der Waals surface area contributed by atoms with Crippen LogP contribution in [-0.4, -0.2) is 15.1 Å². The van der Waals surface area contributed by atoms with Crippen molar-refractivity contribution in [2.45, 2.75) is 19.4 Å². The van der Waals surface area contributed by atoms with Gasteiger partial charge in [-0.25, -0.2) is 0 Å². The Balaban J connectivity index is 2.12. The summed E-state index contributed by atoms with van der Waals surface area (Å²) in [4.78, 5) is 8.47. The maximum atomic E-state index is 10.00. The molecule has 0 aliphatic rings. The van der Waals surface area contributed by atoms with E-state index in [4.69, 9.17) is 0 Å². The number of nitrogens with zero attached hydrogens (tertiary/aromatic N) is 2. The van der Waals surface area contributed by atoms with Crippen molar-refractivity contribution in [2.24, 2.45) is 0 Å². The monoisotopic (exact) mass is 214 g/mol. The lowest BCUT2D eigenvalue weighted by molar-refractivity contribution is 0.172. The molecule has 2 aromatic rings. The Kier molecular flexibility index (Phi) is 3.27. The maximum absolute atomic E-state index is 10.00. The van der Waals surface area contributed by atoms with E-state index in [1.165, 1.54) is 0 Å². The standard InChI is InChI=1S/C13H14N2O/c1-10-5-4-7-12(15-10)13(16)9-11-6-2-3-8-14-11/h2-8,13,16H,9H2,1H3. The maximum Gasteiger partial charge on any atom is 0.101 e. The number of hydrogen-bond acceptors (Lipinski definition) is 3. The summed E-state index contributed by atoms with van der Waals surface area (Å²) in [5.74, 6) is 0. The third-order valence-electron chi connectivity index (χ3n) is 2.38. The van der Waals surface area contributed by atoms with Crippen LogP contribution in [0.15, 0.2) is 42.6 Å². The molecule has 0 saturated carbocycles. The Morgan fingerprint density at radius 1 is 1.19 bits per heavy atom. The summed E-state index contributed by atoms with van der Waals surface area (Å²) in [7, 11) is 0. The Labute approximate surface area is 94.8 Å². The van der Waals surface area contributed by atoms with Crippen molar-refractivity contribution in [3.63, 3.8) is 0 Å². The molecule has 1 unspecified atom stereocenters. The van der Waals surface area contributed by atoms with E-state index in [0.717, 1.165) is 11.4 Å². The minimum Gasteiger partial charge on any atom is -0.386 e. The van der Waals surface area contributed by atoms with Crippen LogP contribution in [0.1, 0.15) is 23.2 Å². The van der Waals surface area contributed by atoms with Crippen LogP contribution in [0.25, 0.3) is 0 Å². The first-order chi connectivity index (χ1) is 7.75. The lowest BCUT2D eigenvalue weighted by Gasteiger charge is -2.09. The first-order valence-corrected chi connectivity index (χ1v) is 5.27. The average molecular weight is 214 g/mol. The van der Waals surface area contributed by atoms with Crippen molar-refractivity contribution < 1.29 is 5.11 Å². The fraction of sp³-hybridized carbons (Fsp3) is 0.231. The molecule has 0 bridgehead atoms. The topological polar surface area (TPSA) is 46.0 Å². The second-order valence-electron chi connectivity index (χ2n) is 3.74. The summed E-state index contributed by atoms with van der Waals surface area (Å²) in [6, 6.07) is 11.3. The second kappa shape index (κ2) is 4.86. The van der Waals surface area contributed by atoms with Crippen LogP contribution in [-0.2, 0) is 6.42 Å². The molecule has 0 amide bonds. The van der Waals surface area contributed by atoms with Crippen molar-refractivity contribution in [1.82, 2.24) is 9.97 Å². The summed E-state index contributed by atoms with van der Waals surface area (Å²) in [6.07, 6.45) is 1.64. The van der Waals surface area contributed by atoms with Crippen LogP contribution in [0.5, 0.6) is 0 Å². The van der Waals surface area contributed by atoms with Crippen LogP contribution in [0.2, 0.25) is 0 Å². The van der Waals surface area contributed by atoms with E-state index in [1.807, 2.05) is 43.3 Å². The van der Waals surface area contributed by atoms with Gasteiger partial charge in [0, 0.05) is 24.0 Å². The van der Waals surface area contributed by atoms with Crippen molar-refractivity contribution in [2.75, 3.05) is 0 Å². The fourth-order valence-electron chi connectivity index (χ4n) is 1.57. The zero-order chi connectivity index (χ0) is 11.4. The molecule has 0 spiro atoms. The minimum atomic E-state index is -0.588. The Morgan fingerprint density at radius 2 is 2.06 bits per heavy atom. The molecule has 0 radical (unpaired) electrons. The summed E-state index contributed by atoms with van der Waals surface area (Å²) in [6.45, 7) is 1.91. The van der Waals surface area contributed by atoms with Crippen molar-refractivity contribution in [3.05, 3.63) is 59.7 Å². The summed E-state index contributed by atoms with van der Waals surface area (Å²) < 4.78 is 0. The first-order valence-electron chi connectivity index (χ1n) is 5.27. The van der Waals surface area contributed by atoms with Crippen LogP contribution in [0.3, 0.4) is 0 Å². The zero-order valence-corrected chi connectivity index (χ0v) is 9.17. The highest BCUT2D eigenvalue weighted by molar-refractivity contribution is 5.14. The number of hydrogen-bond donors (Lipinski definition) is 1. The Morgan fingerprint density at radius 3 is 2.75 bits per heavy atom. The van der Waals surface area contributed by atoms with E-state index in [1.54, 1.807) is 6.20 Å². The minimum absolute atomic E-state index is 0.497. The molecule has 0 aliphatic carbocycles. The molecule has 0 saturated heterocycles. The van der Waals surface area contributed by atoms with Gasteiger partial charge in [-0.05, 0) is 31.2 Å². The number of aromatic nitrogens is 2. The Hall–Kier alpha value is -1.74. The van der Waals surface area contributed by atoms with E-state index in [0.29, 0.717) is 12.1 Å². The van der Waals surface area contributed by atoms with Gasteiger partial charge in [0.2, 0.25) is 0 Å². The highest BCUT2D eigenvalue weighted by Gasteiger charge is 2.10. The van der Waals surface area contributed by atoms with Crippen molar-refractivity contribution in [1.29, 1.82) is 0 Å². The molecular weight excluding hydrogens is 200 g/mol. The molecule has 3 nitrogen and oxygen atoms in total. The van der Waals surface area contributed by atoms with Gasteiger partial charge in [-0.15, -0.1) is 0 Å². The second-order valence-corrected chi connectivity index (χ2v) is 3.74. The van der Waals surface area contributed by atoms with E-state index in [-0.39, 0.29) is 0 Å². The van der Waals surface area contributed by atoms with Gasteiger partial charge in [-0.3, -0.25) is 9.97 Å². The largest absolute Gasteiger partial charge is 0.386 e. The van der Waals surface area contributed by atoms with Gasteiger partial charge in [0.05, 0.1) is 5.69 Å². The van der Waals surface area contributed by atoms with Crippen molar-refractivity contribution >= 4 is 0 Å². The van der Waals surface area contributed by atoms with Gasteiger partial charge < -0.3 is 5.11 Å². The van der Waals surface area contributed by atoms with Gasteiger partial charge in [0.15, 0.2) is 0 Å². The van der Waals surface area contributed by atoms with Gasteiger partial charge in [-0.2, -0.15) is 0 Å². The normalized spacial score (nSPS) is 12.4. The summed E-state index contributed by atoms with van der Waals surface area (Å²) in [5.41, 5.74) is 2.49. The van der Waals surface area contributed by atoms with Gasteiger partial charge >= 0.3 is 0 Å². The molecule has 82 valence electrons. The lowest BCUT2D eigenvalue weighted by atomic mass is 10.1. The SMILES string of the molecule is Cc1cccc(C(O)Cc2ccccn2)n1. The van der Waals surface area contributed by atoms with Crippen LogP contribution in [0.4, 0.5) is 0 Å². The number of aliphatic hydroxyl groups is 1. The van der Waals surface area contributed by atoms with E-state index >= 15 is 0 Å². The van der Waals surface area contributed by atoms with Gasteiger partial charge in [0.25, 0.3) is 0 Å². The molecule has 1 N–H and O–H groups in total. The van der Waals surface area contributed by atoms with Crippen LogP contribution in [0, 0.1) is 6.92 Å². The number of pyridine rings is 2. The van der Waals surface area contributed by atoms with Crippen LogP contribution >= 0.6 is 0 Å². The number of aryl methyl sites for hydroxylation is 1. The molecular formula is C13H14N2O. The molecule has 16 heavy (non-hydrogen) atoms. The third kappa shape index (κ3) is 2.64. The highest BCUT2D eigenvalue weighted by atomic mass is 16.3. The van der Waals surface area contributed by atoms with Crippen molar-refractivity contribution in [3.8, 4) is 0 Å². The van der Waals surface area contributed by atoms with Gasteiger partial charge in [0.1, 0.15) is 6.10 Å². The predicted octanol–water partition coefficient (Wildman–Crippen LogP) is 2.06. The smallest absolute Gasteiger partial charge is 0.101 e. The van der Waals surface area contributed by atoms with E-state index in [9.17, 15) is 5.11 Å². The molecule has 0 fully saturated rings. The number of aliphatic hydroxyl groups excluding tert-OH is 1. The summed E-state index contributed by atoms with van der Waals surface area (Å²) in [5, 5.41) is 10.00. The Bertz CT molecular complexity index is 456. The predicted molar refractivity (Wildman–Crippen MR) is 61.9 cm³/mol. The van der Waals surface area contributed by atoms with Crippen LogP contribution < -0.4 is 0 Å². The lowest BCUT2D eigenvalue weighted by Crippen LogP contribution is -2.05. The molecule has 0 aliphatic heterocycles. The zero-order valence-electron chi connectivity index (χ0n) is 9.17. The average Bonchev–Trinajstić information content (AvgIpc) is 2.30. The number of rotatable bonds is 3. The van der Waals surface area contributed by atoms with Gasteiger partial charge in [-0.1, -0.05) is 12.1 Å². The third-order valence-corrected chi connectivity index (χ3v) is 2.38. The fourth-order valence-corrected chi connectivity index (χ4v) is 1.57. The first kappa shape index (κ1) is 10.8. The van der Waals surface area contributed by atoms with E-state index < -0.39 is 6.10 Å². The highest BCUT2D eigenvalue weighted by Crippen LogP contribution is 2.15. The quantitative estimate of drug-likeness (QED) is 0.850. The molecule has 0 aromatic carbocycles. The van der Waals surface area contributed by atoms with E-state index in [2.05, 4.69) is 9.97 Å². The molecule has 2 rings (SSSR count). The molecule has 1 atom stereocenters. The molecule has 2 aromatic heterocycles. The molecule has 3 heteroatoms.